The Morgan fingerprint density at radius 2 is 1.64 bits per heavy atom. The van der Waals surface area contributed by atoms with Gasteiger partial charge in [0.2, 0.25) is 0 Å². The summed E-state index contributed by atoms with van der Waals surface area (Å²) in [5.74, 6) is 0.234. The fourth-order valence-corrected chi connectivity index (χ4v) is 2.47. The molecule has 0 aliphatic rings. The second-order valence-electron chi connectivity index (χ2n) is 5.27. The molecule has 0 spiro atoms. The third kappa shape index (κ3) is 4.74. The van der Waals surface area contributed by atoms with Gasteiger partial charge in [-0.1, -0.05) is 62.5 Å². The summed E-state index contributed by atoms with van der Waals surface area (Å²) in [7, 11) is 0. The summed E-state index contributed by atoms with van der Waals surface area (Å²) in [6, 6.07) is 9.67. The summed E-state index contributed by atoms with van der Waals surface area (Å²) in [4.78, 5) is 0. The van der Waals surface area contributed by atoms with Crippen LogP contribution >= 0.6 is 0 Å². The Morgan fingerprint density at radius 1 is 1.00 bits per heavy atom. The van der Waals surface area contributed by atoms with E-state index in [0.717, 1.165) is 12.8 Å². The minimum Gasteiger partial charge on any atom is -0.496 e. The molecule has 6 heteroatoms. The van der Waals surface area contributed by atoms with Gasteiger partial charge >= 0.3 is 58.4 Å². The number of benzene rings is 2. The zero-order valence-electron chi connectivity index (χ0n) is 13.3. The van der Waals surface area contributed by atoms with Crippen LogP contribution in [0.25, 0.3) is 10.8 Å². The van der Waals surface area contributed by atoms with E-state index in [4.69, 9.17) is 4.74 Å². The average molecular weight is 334 g/mol. The second-order valence-corrected chi connectivity index (χ2v) is 5.27. The molecule has 0 saturated heterocycles. The number of ether oxygens (including phenoxy) is 1. The third-order valence-corrected chi connectivity index (χ3v) is 3.89. The van der Waals surface area contributed by atoms with Crippen LogP contribution in [0.15, 0.2) is 36.4 Å². The minimum atomic E-state index is -5.12. The van der Waals surface area contributed by atoms with Crippen molar-refractivity contribution in [2.75, 3.05) is 6.61 Å². The molecule has 0 saturated carbocycles. The summed E-state index contributed by atoms with van der Waals surface area (Å²) < 4.78 is 45.9. The van der Waals surface area contributed by atoms with Crippen molar-refractivity contribution in [2.24, 2.45) is 5.92 Å². The molecule has 2 aromatic carbocycles. The first-order valence-corrected chi connectivity index (χ1v) is 7.31. The number of hydrogen-bond acceptors (Lipinski definition) is 1. The van der Waals surface area contributed by atoms with Crippen LogP contribution in [-0.2, 0) is 0 Å². The molecule has 1 nitrogen and oxygen atoms in total. The summed E-state index contributed by atoms with van der Waals surface area (Å²) in [6.07, 6.45) is 1.80. The van der Waals surface area contributed by atoms with Crippen molar-refractivity contribution < 1.29 is 69.1 Å². The predicted molar refractivity (Wildman–Crippen MR) is 82.2 cm³/mol. The molecule has 0 fully saturated rings. The summed E-state index contributed by atoms with van der Waals surface area (Å²) in [5, 5.41) is 0.800. The Balaban J connectivity index is 0.00000242. The van der Waals surface area contributed by atoms with E-state index in [2.05, 4.69) is 0 Å². The number of halogens is 3. The van der Waals surface area contributed by atoms with Gasteiger partial charge in [-0.05, 0) is 22.8 Å². The molecule has 0 aliphatic heterocycles. The van der Waals surface area contributed by atoms with Crippen LogP contribution in [0.3, 0.4) is 0 Å². The first-order valence-electron chi connectivity index (χ1n) is 7.31. The van der Waals surface area contributed by atoms with E-state index in [1.165, 1.54) is 12.1 Å². The Kier molecular flexibility index (Phi) is 7.96. The smallest absolute Gasteiger partial charge is 0.496 e. The first-order chi connectivity index (χ1) is 9.97. The SMILES string of the molecule is CCC(CC)COc1ccc2ccccc2c1[B-](F)(F)F.[K+]. The van der Waals surface area contributed by atoms with Crippen LogP contribution in [0.2, 0.25) is 0 Å². The maximum absolute atomic E-state index is 13.4. The van der Waals surface area contributed by atoms with Crippen molar-refractivity contribution in [3.8, 4) is 5.75 Å². The second kappa shape index (κ2) is 8.73. The predicted octanol–water partition coefficient (Wildman–Crippen LogP) is 1.71. The van der Waals surface area contributed by atoms with Crippen LogP contribution in [-0.4, -0.2) is 13.6 Å². The number of hydrogen-bond donors (Lipinski definition) is 0. The molecule has 0 N–H and O–H groups in total. The van der Waals surface area contributed by atoms with Gasteiger partial charge in [-0.25, -0.2) is 0 Å². The molecule has 22 heavy (non-hydrogen) atoms. The van der Waals surface area contributed by atoms with Crippen LogP contribution < -0.4 is 61.6 Å². The largest absolute Gasteiger partial charge is 1.00 e. The van der Waals surface area contributed by atoms with Crippen LogP contribution in [0.5, 0.6) is 5.75 Å². The molecule has 0 bridgehead atoms. The topological polar surface area (TPSA) is 9.23 Å². The fourth-order valence-electron chi connectivity index (χ4n) is 2.47. The van der Waals surface area contributed by atoms with Crippen molar-refractivity contribution in [3.05, 3.63) is 36.4 Å². The van der Waals surface area contributed by atoms with E-state index >= 15 is 0 Å². The standard InChI is InChI=1S/C16H19BF3O.K/c1-3-12(4-2)11-21-15-10-9-13-7-5-6-8-14(13)16(15)17(18,19)20;/h5-10,12H,3-4,11H2,1-2H3;/q-1;+1. The van der Waals surface area contributed by atoms with Crippen LogP contribution in [0.1, 0.15) is 26.7 Å². The van der Waals surface area contributed by atoms with E-state index in [9.17, 15) is 12.9 Å². The Morgan fingerprint density at radius 3 is 2.23 bits per heavy atom. The molecule has 0 heterocycles. The molecule has 0 atom stereocenters. The minimum absolute atomic E-state index is 0. The normalized spacial score (nSPS) is 11.5. The molecular formula is C16H19BF3KO. The van der Waals surface area contributed by atoms with Gasteiger partial charge in [0.1, 0.15) is 0 Å². The molecular weight excluding hydrogens is 315 g/mol. The molecule has 0 radical (unpaired) electrons. The third-order valence-electron chi connectivity index (χ3n) is 3.89. The molecule has 0 amide bonds. The van der Waals surface area contributed by atoms with Crippen molar-refractivity contribution >= 4 is 23.2 Å². The quantitative estimate of drug-likeness (QED) is 0.731. The van der Waals surface area contributed by atoms with Crippen LogP contribution in [0.4, 0.5) is 12.9 Å². The van der Waals surface area contributed by atoms with Crippen molar-refractivity contribution in [3.63, 3.8) is 0 Å². The Labute approximate surface area is 172 Å². The van der Waals surface area contributed by atoms with Gasteiger partial charge < -0.3 is 17.7 Å². The van der Waals surface area contributed by atoms with Crippen molar-refractivity contribution in [2.45, 2.75) is 26.7 Å². The van der Waals surface area contributed by atoms with Gasteiger partial charge in [-0.3, -0.25) is 0 Å². The van der Waals surface area contributed by atoms with Gasteiger partial charge in [0.25, 0.3) is 0 Å². The van der Waals surface area contributed by atoms with Crippen LogP contribution in [0, 0.1) is 5.92 Å². The van der Waals surface area contributed by atoms with E-state index < -0.39 is 12.4 Å². The molecule has 0 aliphatic carbocycles. The molecule has 0 aromatic heterocycles. The summed E-state index contributed by atoms with van der Waals surface area (Å²) in [6.45, 7) is -0.752. The van der Waals surface area contributed by atoms with E-state index in [0.29, 0.717) is 12.0 Å². The molecule has 0 unspecified atom stereocenters. The van der Waals surface area contributed by atoms with E-state index in [1.54, 1.807) is 24.3 Å². The van der Waals surface area contributed by atoms with Gasteiger partial charge in [0.05, 0.1) is 12.4 Å². The van der Waals surface area contributed by atoms with E-state index in [1.807, 2.05) is 13.8 Å². The van der Waals surface area contributed by atoms with Crippen molar-refractivity contribution in [1.82, 2.24) is 0 Å². The summed E-state index contributed by atoms with van der Waals surface area (Å²) >= 11 is 0. The number of rotatable bonds is 6. The zero-order chi connectivity index (χ0) is 15.5. The zero-order valence-corrected chi connectivity index (χ0v) is 16.4. The van der Waals surface area contributed by atoms with Crippen molar-refractivity contribution in [1.29, 1.82) is 0 Å². The summed E-state index contributed by atoms with van der Waals surface area (Å²) in [5.41, 5.74) is -0.612. The monoisotopic (exact) mass is 334 g/mol. The van der Waals surface area contributed by atoms with E-state index in [-0.39, 0.29) is 68.4 Å². The Bertz CT molecular complexity index is 612. The van der Waals surface area contributed by atoms with Gasteiger partial charge in [-0.15, -0.1) is 0 Å². The Hall–Kier alpha value is -0.00870. The maximum Gasteiger partial charge on any atom is 1.00 e. The first kappa shape index (κ1) is 20.0. The maximum atomic E-state index is 13.4. The van der Waals surface area contributed by atoms with Gasteiger partial charge in [-0.2, -0.15) is 0 Å². The van der Waals surface area contributed by atoms with Gasteiger partial charge in [0.15, 0.2) is 0 Å². The van der Waals surface area contributed by atoms with Gasteiger partial charge in [0, 0.05) is 0 Å². The average Bonchev–Trinajstić information content (AvgIpc) is 2.46. The molecule has 2 rings (SSSR count). The fraction of sp³-hybridized carbons (Fsp3) is 0.375. The molecule has 2 aromatic rings. The molecule has 114 valence electrons. The number of fused-ring (bicyclic) bond motifs is 1.